The summed E-state index contributed by atoms with van der Waals surface area (Å²) in [5.74, 6) is 4.70. The third-order valence-corrected chi connectivity index (χ3v) is 1.80. The highest BCUT2D eigenvalue weighted by atomic mass is 16.4. The van der Waals surface area contributed by atoms with Crippen LogP contribution in [0.25, 0.3) is 0 Å². The first-order valence-corrected chi connectivity index (χ1v) is 4.39. The molecule has 0 fully saturated rings. The number of carbonyl (C=O) groups is 1. The van der Waals surface area contributed by atoms with E-state index in [4.69, 9.17) is 5.11 Å². The molecule has 3 heteroatoms. The highest BCUT2D eigenvalue weighted by Gasteiger charge is 2.12. The van der Waals surface area contributed by atoms with Crippen molar-refractivity contribution < 1.29 is 9.90 Å². The summed E-state index contributed by atoms with van der Waals surface area (Å²) in [5.41, 5.74) is 0. The zero-order valence-electron chi connectivity index (χ0n) is 8.50. The van der Waals surface area contributed by atoms with E-state index in [9.17, 15) is 4.79 Å². The molecule has 0 aliphatic rings. The van der Waals surface area contributed by atoms with Crippen molar-refractivity contribution in [2.24, 2.45) is 5.92 Å². The van der Waals surface area contributed by atoms with Crippen LogP contribution < -0.4 is 0 Å². The van der Waals surface area contributed by atoms with Crippen molar-refractivity contribution in [1.29, 1.82) is 0 Å². The first-order valence-electron chi connectivity index (χ1n) is 4.39. The van der Waals surface area contributed by atoms with E-state index >= 15 is 0 Å². The van der Waals surface area contributed by atoms with Gasteiger partial charge in [0, 0.05) is 19.5 Å². The summed E-state index contributed by atoms with van der Waals surface area (Å²) in [6.07, 6.45) is 0.805. The van der Waals surface area contributed by atoms with Crippen LogP contribution in [-0.2, 0) is 4.79 Å². The summed E-state index contributed by atoms with van der Waals surface area (Å²) in [6, 6.07) is 0. The van der Waals surface area contributed by atoms with Crippen LogP contribution in [0.2, 0.25) is 0 Å². The first kappa shape index (κ1) is 12.0. The normalized spacial score (nSPS) is 12.0. The van der Waals surface area contributed by atoms with Gasteiger partial charge in [-0.25, -0.2) is 0 Å². The second-order valence-electron chi connectivity index (χ2n) is 3.18. The van der Waals surface area contributed by atoms with Crippen LogP contribution in [0.1, 0.15) is 20.3 Å². The van der Waals surface area contributed by atoms with Gasteiger partial charge >= 0.3 is 5.97 Å². The molecule has 0 aromatic carbocycles. The van der Waals surface area contributed by atoms with Crippen molar-refractivity contribution >= 4 is 5.97 Å². The van der Waals surface area contributed by atoms with Gasteiger partial charge in [0.1, 0.15) is 0 Å². The predicted octanol–water partition coefficient (Wildman–Crippen LogP) is 1.05. The molecule has 0 bridgehead atoms. The Morgan fingerprint density at radius 2 is 2.23 bits per heavy atom. The minimum atomic E-state index is -0.742. The maximum absolute atomic E-state index is 10.5. The fraction of sp³-hybridized carbons (Fsp3) is 0.700. The Hall–Kier alpha value is -1.01. The Bertz CT molecular complexity index is 215. The zero-order chi connectivity index (χ0) is 10.3. The molecule has 13 heavy (non-hydrogen) atoms. The third kappa shape index (κ3) is 6.18. The number of nitrogens with zero attached hydrogens (tertiary/aromatic N) is 1. The Morgan fingerprint density at radius 1 is 1.62 bits per heavy atom. The molecule has 0 aromatic rings. The lowest BCUT2D eigenvalue weighted by Gasteiger charge is -2.17. The van der Waals surface area contributed by atoms with Gasteiger partial charge < -0.3 is 10.0 Å². The number of carboxylic acids is 1. The highest BCUT2D eigenvalue weighted by molar-refractivity contribution is 5.69. The summed E-state index contributed by atoms with van der Waals surface area (Å²) in [7, 11) is 1.91. The smallest absolute Gasteiger partial charge is 0.307 e. The van der Waals surface area contributed by atoms with Crippen LogP contribution in [0, 0.1) is 17.8 Å². The molecule has 0 saturated heterocycles. The quantitative estimate of drug-likeness (QED) is 0.648. The minimum absolute atomic E-state index is 0.306. The van der Waals surface area contributed by atoms with Gasteiger partial charge in [-0.3, -0.25) is 4.79 Å². The molecule has 1 N–H and O–H groups in total. The lowest BCUT2D eigenvalue weighted by atomic mass is 10.2. The minimum Gasteiger partial charge on any atom is -0.481 e. The van der Waals surface area contributed by atoms with Crippen molar-refractivity contribution in [2.75, 3.05) is 20.1 Å². The molecule has 1 atom stereocenters. The van der Waals surface area contributed by atoms with Crippen molar-refractivity contribution in [3.63, 3.8) is 0 Å². The Morgan fingerprint density at radius 3 is 2.69 bits per heavy atom. The van der Waals surface area contributed by atoms with Gasteiger partial charge in [0.15, 0.2) is 0 Å². The lowest BCUT2D eigenvalue weighted by Crippen LogP contribution is -2.29. The largest absolute Gasteiger partial charge is 0.481 e. The molecular formula is C10H17NO2. The van der Waals surface area contributed by atoms with Crippen LogP contribution in [0.5, 0.6) is 0 Å². The number of carboxylic acid groups (broad SMARTS) is 1. The molecule has 0 radical (unpaired) electrons. The van der Waals surface area contributed by atoms with Gasteiger partial charge in [-0.15, -0.1) is 11.8 Å². The summed E-state index contributed by atoms with van der Waals surface area (Å²) >= 11 is 0. The van der Waals surface area contributed by atoms with Crippen molar-refractivity contribution in [3.8, 4) is 11.8 Å². The van der Waals surface area contributed by atoms with E-state index < -0.39 is 5.97 Å². The molecule has 0 rings (SSSR count). The fourth-order valence-electron chi connectivity index (χ4n) is 1.01. The second kappa shape index (κ2) is 6.50. The number of hydrogen-bond acceptors (Lipinski definition) is 2. The average molecular weight is 183 g/mol. The lowest BCUT2D eigenvalue weighted by molar-refractivity contribution is -0.141. The van der Waals surface area contributed by atoms with Crippen LogP contribution in [0.4, 0.5) is 0 Å². The van der Waals surface area contributed by atoms with Gasteiger partial charge in [0.2, 0.25) is 0 Å². The van der Waals surface area contributed by atoms with Gasteiger partial charge in [0.05, 0.1) is 5.92 Å². The topological polar surface area (TPSA) is 40.5 Å². The number of aliphatic carboxylic acids is 1. The van der Waals surface area contributed by atoms with Crippen LogP contribution in [-0.4, -0.2) is 36.1 Å². The first-order chi connectivity index (χ1) is 6.07. The van der Waals surface area contributed by atoms with Gasteiger partial charge in [-0.05, 0) is 14.0 Å². The second-order valence-corrected chi connectivity index (χ2v) is 3.18. The van der Waals surface area contributed by atoms with Crippen molar-refractivity contribution in [3.05, 3.63) is 0 Å². The molecule has 0 heterocycles. The van der Waals surface area contributed by atoms with Crippen LogP contribution in [0.15, 0.2) is 0 Å². The Balaban J connectivity index is 3.65. The van der Waals surface area contributed by atoms with Crippen molar-refractivity contribution in [1.82, 2.24) is 4.90 Å². The summed E-state index contributed by atoms with van der Waals surface area (Å²) < 4.78 is 0. The standard InChI is InChI=1S/C10H17NO2/c1-4-5-6-7-11(3)8-9(2)10(12)13/h9H,6-8H2,1-3H3,(H,12,13). The summed E-state index contributed by atoms with van der Waals surface area (Å²) in [4.78, 5) is 12.5. The maximum Gasteiger partial charge on any atom is 0.307 e. The molecule has 0 amide bonds. The van der Waals surface area contributed by atoms with E-state index in [1.807, 2.05) is 11.9 Å². The zero-order valence-corrected chi connectivity index (χ0v) is 8.50. The van der Waals surface area contributed by atoms with Gasteiger partial charge in [-0.2, -0.15) is 0 Å². The number of hydrogen-bond donors (Lipinski definition) is 1. The summed E-state index contributed by atoms with van der Waals surface area (Å²) in [5, 5.41) is 8.65. The van der Waals surface area contributed by atoms with Crippen LogP contribution >= 0.6 is 0 Å². The molecule has 0 saturated carbocycles. The SMILES string of the molecule is CC#CCCN(C)CC(C)C(=O)O. The van der Waals surface area contributed by atoms with E-state index in [1.165, 1.54) is 0 Å². The van der Waals surface area contributed by atoms with E-state index in [1.54, 1.807) is 13.8 Å². The fourth-order valence-corrected chi connectivity index (χ4v) is 1.01. The molecule has 1 unspecified atom stereocenters. The predicted molar refractivity (Wildman–Crippen MR) is 52.4 cm³/mol. The highest BCUT2D eigenvalue weighted by Crippen LogP contribution is 1.98. The van der Waals surface area contributed by atoms with Gasteiger partial charge in [0.25, 0.3) is 0 Å². The van der Waals surface area contributed by atoms with E-state index in [0.717, 1.165) is 13.0 Å². The Labute approximate surface area is 79.7 Å². The Kier molecular flexibility index (Phi) is 5.99. The van der Waals surface area contributed by atoms with Gasteiger partial charge in [-0.1, -0.05) is 6.92 Å². The van der Waals surface area contributed by atoms with E-state index in [0.29, 0.717) is 6.54 Å². The van der Waals surface area contributed by atoms with E-state index in [2.05, 4.69) is 11.8 Å². The van der Waals surface area contributed by atoms with E-state index in [-0.39, 0.29) is 5.92 Å². The average Bonchev–Trinajstić information content (AvgIpc) is 2.04. The molecule has 0 aliphatic heterocycles. The number of rotatable bonds is 5. The van der Waals surface area contributed by atoms with Crippen LogP contribution in [0.3, 0.4) is 0 Å². The summed E-state index contributed by atoms with van der Waals surface area (Å²) in [6.45, 7) is 4.93. The third-order valence-electron chi connectivity index (χ3n) is 1.80. The van der Waals surface area contributed by atoms with Crippen molar-refractivity contribution in [2.45, 2.75) is 20.3 Å². The molecule has 3 nitrogen and oxygen atoms in total. The molecule has 0 spiro atoms. The molecule has 0 aliphatic carbocycles. The monoisotopic (exact) mass is 183 g/mol. The molecular weight excluding hydrogens is 166 g/mol. The molecule has 74 valence electrons. The maximum atomic E-state index is 10.5. The molecule has 0 aromatic heterocycles.